The Balaban J connectivity index is 2.72. The molecule has 0 heterocycles. The van der Waals surface area contributed by atoms with E-state index >= 15 is 0 Å². The van der Waals surface area contributed by atoms with E-state index in [2.05, 4.69) is 0 Å². The van der Waals surface area contributed by atoms with Gasteiger partial charge in [0.1, 0.15) is 6.61 Å². The van der Waals surface area contributed by atoms with Gasteiger partial charge in [0.15, 0.2) is 0 Å². The second-order valence-electron chi connectivity index (χ2n) is 4.04. The van der Waals surface area contributed by atoms with Crippen molar-refractivity contribution in [1.82, 2.24) is 0 Å². The van der Waals surface area contributed by atoms with Crippen molar-refractivity contribution < 1.29 is 17.9 Å². The summed E-state index contributed by atoms with van der Waals surface area (Å²) in [4.78, 5) is 13.2. The van der Waals surface area contributed by atoms with Crippen LogP contribution < -0.4 is 10.0 Å². The summed E-state index contributed by atoms with van der Waals surface area (Å²) in [5.74, 6) is -0.197. The van der Waals surface area contributed by atoms with Crippen LogP contribution in [0, 0.1) is 0 Å². The standard InChI is InChI=1S/C12H18N2O4S/c1-3-8-18-9-12(15)14(2)10-4-6-11(7-5-10)19(13,16)17/h4-7H,3,8-9H2,1-2H3,(H2,13,16,17). The molecule has 19 heavy (non-hydrogen) atoms. The van der Waals surface area contributed by atoms with Crippen molar-refractivity contribution in [2.24, 2.45) is 5.14 Å². The minimum Gasteiger partial charge on any atom is -0.372 e. The number of carbonyl (C=O) groups is 1. The topological polar surface area (TPSA) is 89.7 Å². The smallest absolute Gasteiger partial charge is 0.252 e. The number of benzene rings is 1. The molecular formula is C12H18N2O4S. The van der Waals surface area contributed by atoms with E-state index in [9.17, 15) is 13.2 Å². The number of hydrogen-bond acceptors (Lipinski definition) is 4. The van der Waals surface area contributed by atoms with Gasteiger partial charge in [0.25, 0.3) is 5.91 Å². The fourth-order valence-corrected chi connectivity index (χ4v) is 1.92. The van der Waals surface area contributed by atoms with E-state index < -0.39 is 10.0 Å². The number of rotatable bonds is 6. The van der Waals surface area contributed by atoms with Crippen LogP contribution >= 0.6 is 0 Å². The maximum atomic E-state index is 11.8. The molecule has 0 atom stereocenters. The lowest BCUT2D eigenvalue weighted by atomic mass is 10.3. The van der Waals surface area contributed by atoms with Gasteiger partial charge >= 0.3 is 0 Å². The largest absolute Gasteiger partial charge is 0.372 e. The first-order valence-electron chi connectivity index (χ1n) is 5.83. The van der Waals surface area contributed by atoms with E-state index in [1.54, 1.807) is 7.05 Å². The molecule has 0 aliphatic rings. The molecule has 0 bridgehead atoms. The Morgan fingerprint density at radius 3 is 2.37 bits per heavy atom. The van der Waals surface area contributed by atoms with Crippen LogP contribution in [0.3, 0.4) is 0 Å². The van der Waals surface area contributed by atoms with E-state index in [0.717, 1.165) is 6.42 Å². The molecule has 2 N–H and O–H groups in total. The van der Waals surface area contributed by atoms with Crippen LogP contribution in [0.2, 0.25) is 0 Å². The lowest BCUT2D eigenvalue weighted by molar-refractivity contribution is -0.122. The molecule has 1 amide bonds. The van der Waals surface area contributed by atoms with E-state index in [-0.39, 0.29) is 17.4 Å². The van der Waals surface area contributed by atoms with Crippen molar-refractivity contribution in [2.75, 3.05) is 25.2 Å². The highest BCUT2D eigenvalue weighted by Crippen LogP contribution is 2.16. The average Bonchev–Trinajstić information content (AvgIpc) is 2.37. The second kappa shape index (κ2) is 6.65. The number of likely N-dealkylation sites (N-methyl/N-ethyl adjacent to an activating group) is 1. The summed E-state index contributed by atoms with van der Waals surface area (Å²) in [7, 11) is -2.11. The van der Waals surface area contributed by atoms with Gasteiger partial charge in [0, 0.05) is 19.3 Å². The number of carbonyl (C=O) groups excluding carboxylic acids is 1. The number of nitrogens with zero attached hydrogens (tertiary/aromatic N) is 1. The number of amides is 1. The Hall–Kier alpha value is -1.44. The second-order valence-corrected chi connectivity index (χ2v) is 5.61. The van der Waals surface area contributed by atoms with Gasteiger partial charge in [-0.1, -0.05) is 6.92 Å². The molecular weight excluding hydrogens is 268 g/mol. The summed E-state index contributed by atoms with van der Waals surface area (Å²) in [6.07, 6.45) is 0.847. The van der Waals surface area contributed by atoms with E-state index in [1.165, 1.54) is 29.2 Å². The highest BCUT2D eigenvalue weighted by atomic mass is 32.2. The van der Waals surface area contributed by atoms with Crippen molar-refractivity contribution in [3.63, 3.8) is 0 Å². The van der Waals surface area contributed by atoms with Gasteiger partial charge in [0.05, 0.1) is 4.90 Å². The zero-order chi connectivity index (χ0) is 14.5. The molecule has 0 fully saturated rings. The van der Waals surface area contributed by atoms with E-state index in [0.29, 0.717) is 12.3 Å². The van der Waals surface area contributed by atoms with Gasteiger partial charge in [-0.05, 0) is 30.7 Å². The number of hydrogen-bond donors (Lipinski definition) is 1. The van der Waals surface area contributed by atoms with Gasteiger partial charge < -0.3 is 9.64 Å². The van der Waals surface area contributed by atoms with Crippen LogP contribution in [-0.2, 0) is 19.6 Å². The number of sulfonamides is 1. The minimum atomic E-state index is -3.71. The summed E-state index contributed by atoms with van der Waals surface area (Å²) in [5, 5.41) is 5.00. The summed E-state index contributed by atoms with van der Waals surface area (Å²) >= 11 is 0. The van der Waals surface area contributed by atoms with Crippen LogP contribution in [0.25, 0.3) is 0 Å². The SMILES string of the molecule is CCCOCC(=O)N(C)c1ccc(S(N)(=O)=O)cc1. The highest BCUT2D eigenvalue weighted by Gasteiger charge is 2.12. The molecule has 1 aromatic carbocycles. The van der Waals surface area contributed by atoms with Gasteiger partial charge in [-0.2, -0.15) is 0 Å². The van der Waals surface area contributed by atoms with Crippen molar-refractivity contribution in [2.45, 2.75) is 18.2 Å². The molecule has 0 spiro atoms. The highest BCUT2D eigenvalue weighted by molar-refractivity contribution is 7.89. The fourth-order valence-electron chi connectivity index (χ4n) is 1.40. The monoisotopic (exact) mass is 286 g/mol. The zero-order valence-corrected chi connectivity index (χ0v) is 11.8. The summed E-state index contributed by atoms with van der Waals surface area (Å²) < 4.78 is 27.4. The van der Waals surface area contributed by atoms with E-state index in [1.807, 2.05) is 6.92 Å². The maximum Gasteiger partial charge on any atom is 0.252 e. The third-order valence-corrected chi connectivity index (χ3v) is 3.43. The molecule has 106 valence electrons. The van der Waals surface area contributed by atoms with Crippen LogP contribution in [0.5, 0.6) is 0 Å². The Labute approximate surface area is 113 Å². The molecule has 0 aliphatic heterocycles. The minimum absolute atomic E-state index is 0.00127. The molecule has 0 aliphatic carbocycles. The quantitative estimate of drug-likeness (QED) is 0.780. The third-order valence-electron chi connectivity index (χ3n) is 2.50. The number of primary sulfonamides is 1. The molecule has 7 heteroatoms. The molecule has 0 aromatic heterocycles. The number of anilines is 1. The van der Waals surface area contributed by atoms with Gasteiger partial charge in [-0.15, -0.1) is 0 Å². The first kappa shape index (κ1) is 15.6. The summed E-state index contributed by atoms with van der Waals surface area (Å²) in [6.45, 7) is 2.49. The Bertz CT molecular complexity index is 525. The van der Waals surface area contributed by atoms with Gasteiger partial charge in [-0.25, -0.2) is 13.6 Å². The molecule has 1 rings (SSSR count). The van der Waals surface area contributed by atoms with Gasteiger partial charge in [0.2, 0.25) is 10.0 Å². The Morgan fingerprint density at radius 1 is 1.32 bits per heavy atom. The lowest BCUT2D eigenvalue weighted by Crippen LogP contribution is -2.30. The first-order chi connectivity index (χ1) is 8.86. The zero-order valence-electron chi connectivity index (χ0n) is 11.0. The molecule has 0 unspecified atom stereocenters. The molecule has 0 radical (unpaired) electrons. The molecule has 1 aromatic rings. The van der Waals surface area contributed by atoms with Crippen molar-refractivity contribution in [3.05, 3.63) is 24.3 Å². The predicted molar refractivity (Wildman–Crippen MR) is 72.3 cm³/mol. The molecule has 0 saturated heterocycles. The van der Waals surface area contributed by atoms with Crippen LogP contribution in [-0.4, -0.2) is 34.6 Å². The number of ether oxygens (including phenoxy) is 1. The van der Waals surface area contributed by atoms with E-state index in [4.69, 9.17) is 9.88 Å². The summed E-state index contributed by atoms with van der Waals surface area (Å²) in [6, 6.07) is 5.78. The van der Waals surface area contributed by atoms with Crippen molar-refractivity contribution in [1.29, 1.82) is 0 Å². The van der Waals surface area contributed by atoms with Crippen molar-refractivity contribution >= 4 is 21.6 Å². The first-order valence-corrected chi connectivity index (χ1v) is 7.38. The van der Waals surface area contributed by atoms with Crippen molar-refractivity contribution in [3.8, 4) is 0 Å². The van der Waals surface area contributed by atoms with Crippen LogP contribution in [0.15, 0.2) is 29.2 Å². The lowest BCUT2D eigenvalue weighted by Gasteiger charge is -2.17. The normalized spacial score (nSPS) is 11.3. The Kier molecular flexibility index (Phi) is 5.46. The molecule has 6 nitrogen and oxygen atoms in total. The summed E-state index contributed by atoms with van der Waals surface area (Å²) in [5.41, 5.74) is 0.581. The Morgan fingerprint density at radius 2 is 1.89 bits per heavy atom. The molecule has 0 saturated carbocycles. The number of nitrogens with two attached hydrogens (primary N) is 1. The third kappa shape index (κ3) is 4.62. The van der Waals surface area contributed by atoms with Crippen LogP contribution in [0.4, 0.5) is 5.69 Å². The average molecular weight is 286 g/mol. The predicted octanol–water partition coefficient (Wildman–Crippen LogP) is 0.723. The van der Waals surface area contributed by atoms with Gasteiger partial charge in [-0.3, -0.25) is 4.79 Å². The van der Waals surface area contributed by atoms with Crippen LogP contribution in [0.1, 0.15) is 13.3 Å². The maximum absolute atomic E-state index is 11.8. The fraction of sp³-hybridized carbons (Fsp3) is 0.417.